The van der Waals surface area contributed by atoms with Crippen LogP contribution in [0.25, 0.3) is 0 Å². The summed E-state index contributed by atoms with van der Waals surface area (Å²) in [5.74, 6) is 1.33. The third-order valence-electron chi connectivity index (χ3n) is 3.97. The van der Waals surface area contributed by atoms with Gasteiger partial charge in [0.1, 0.15) is 0 Å². The quantitative estimate of drug-likeness (QED) is 0.290. The first-order chi connectivity index (χ1) is 12.8. The highest BCUT2D eigenvalue weighted by Crippen LogP contribution is 2.15. The predicted octanol–water partition coefficient (Wildman–Crippen LogP) is 2.93. The highest BCUT2D eigenvalue weighted by atomic mass is 127. The van der Waals surface area contributed by atoms with Crippen molar-refractivity contribution >= 4 is 29.9 Å². The minimum Gasteiger partial charge on any atom is -0.477 e. The molecule has 3 N–H and O–H groups in total. The van der Waals surface area contributed by atoms with Crippen molar-refractivity contribution in [1.82, 2.24) is 15.6 Å². The molecule has 1 aromatic heterocycles. The van der Waals surface area contributed by atoms with Crippen LogP contribution in [0.2, 0.25) is 0 Å². The summed E-state index contributed by atoms with van der Waals surface area (Å²) in [6.45, 7) is 3.93. The topological polar surface area (TPSA) is 78.8 Å². The second-order valence-electron chi connectivity index (χ2n) is 5.91. The standard InChI is InChI=1S/C20H28N4O2.HI/c1-3-12-26-19-17(10-7-11-22-19)13-23-20(21-2)24-14-18(15-25)16-8-5-4-6-9-16;/h4-11,18,25H,3,12-15H2,1-2H3,(H2,21,23,24);1H. The van der Waals surface area contributed by atoms with Crippen LogP contribution in [-0.2, 0) is 6.54 Å². The molecule has 7 heteroatoms. The minimum atomic E-state index is 0. The van der Waals surface area contributed by atoms with Crippen molar-refractivity contribution in [2.24, 2.45) is 4.99 Å². The van der Waals surface area contributed by atoms with Crippen molar-refractivity contribution in [3.05, 3.63) is 59.8 Å². The Morgan fingerprint density at radius 1 is 1.19 bits per heavy atom. The van der Waals surface area contributed by atoms with Gasteiger partial charge in [-0.2, -0.15) is 0 Å². The monoisotopic (exact) mass is 484 g/mol. The van der Waals surface area contributed by atoms with Crippen LogP contribution in [0.3, 0.4) is 0 Å². The first-order valence-corrected chi connectivity index (χ1v) is 8.95. The molecule has 27 heavy (non-hydrogen) atoms. The lowest BCUT2D eigenvalue weighted by atomic mass is 10.0. The van der Waals surface area contributed by atoms with Gasteiger partial charge >= 0.3 is 0 Å². The molecule has 1 atom stereocenters. The molecule has 0 aliphatic rings. The number of guanidine groups is 1. The van der Waals surface area contributed by atoms with E-state index < -0.39 is 0 Å². The Bertz CT molecular complexity index is 683. The van der Waals surface area contributed by atoms with Gasteiger partial charge in [0.05, 0.1) is 13.2 Å². The molecule has 0 aliphatic carbocycles. The zero-order chi connectivity index (χ0) is 18.6. The molecule has 1 aromatic carbocycles. The highest BCUT2D eigenvalue weighted by Gasteiger charge is 2.11. The Hall–Kier alpha value is -1.87. The zero-order valence-electron chi connectivity index (χ0n) is 15.9. The van der Waals surface area contributed by atoms with Gasteiger partial charge in [0.15, 0.2) is 5.96 Å². The summed E-state index contributed by atoms with van der Waals surface area (Å²) >= 11 is 0. The molecule has 0 amide bonds. The molecule has 2 rings (SSSR count). The lowest BCUT2D eigenvalue weighted by molar-refractivity contribution is 0.265. The molecule has 1 unspecified atom stereocenters. The number of benzene rings is 1. The highest BCUT2D eigenvalue weighted by molar-refractivity contribution is 14.0. The molecule has 0 spiro atoms. The minimum absolute atomic E-state index is 0. The fourth-order valence-electron chi connectivity index (χ4n) is 2.52. The maximum atomic E-state index is 9.67. The lowest BCUT2D eigenvalue weighted by Crippen LogP contribution is -2.39. The van der Waals surface area contributed by atoms with Crippen LogP contribution in [0, 0.1) is 0 Å². The Balaban J connectivity index is 0.00000364. The lowest BCUT2D eigenvalue weighted by Gasteiger charge is -2.18. The van der Waals surface area contributed by atoms with E-state index in [0.717, 1.165) is 17.5 Å². The smallest absolute Gasteiger partial charge is 0.218 e. The average Bonchev–Trinajstić information content (AvgIpc) is 2.70. The van der Waals surface area contributed by atoms with Gasteiger partial charge in [0.25, 0.3) is 0 Å². The van der Waals surface area contributed by atoms with E-state index in [9.17, 15) is 5.11 Å². The number of pyridine rings is 1. The number of rotatable bonds is 9. The molecule has 0 saturated carbocycles. The molecule has 1 heterocycles. The predicted molar refractivity (Wildman–Crippen MR) is 120 cm³/mol. The Kier molecular flexibility index (Phi) is 11.4. The first kappa shape index (κ1) is 23.2. The number of hydrogen-bond acceptors (Lipinski definition) is 4. The van der Waals surface area contributed by atoms with E-state index in [1.807, 2.05) is 42.5 Å². The number of nitrogens with one attached hydrogen (secondary N) is 2. The summed E-state index contributed by atoms with van der Waals surface area (Å²) in [6, 6.07) is 13.8. The molecule has 0 fully saturated rings. The van der Waals surface area contributed by atoms with Crippen LogP contribution in [0.4, 0.5) is 0 Å². The van der Waals surface area contributed by atoms with Crippen LogP contribution < -0.4 is 15.4 Å². The van der Waals surface area contributed by atoms with E-state index in [1.54, 1.807) is 13.2 Å². The molecule has 2 aromatic rings. The molecular weight excluding hydrogens is 455 g/mol. The van der Waals surface area contributed by atoms with Crippen molar-refractivity contribution < 1.29 is 9.84 Å². The molecule has 148 valence electrons. The second kappa shape index (κ2) is 13.3. The van der Waals surface area contributed by atoms with Gasteiger partial charge in [-0.05, 0) is 18.1 Å². The zero-order valence-corrected chi connectivity index (χ0v) is 18.2. The van der Waals surface area contributed by atoms with E-state index >= 15 is 0 Å². The number of aliphatic hydroxyl groups excluding tert-OH is 1. The fourth-order valence-corrected chi connectivity index (χ4v) is 2.52. The first-order valence-electron chi connectivity index (χ1n) is 8.95. The number of aromatic nitrogens is 1. The van der Waals surface area contributed by atoms with Crippen LogP contribution in [0.5, 0.6) is 5.88 Å². The van der Waals surface area contributed by atoms with E-state index in [4.69, 9.17) is 4.74 Å². The molecule has 0 radical (unpaired) electrons. The average molecular weight is 484 g/mol. The van der Waals surface area contributed by atoms with Gasteiger partial charge in [-0.15, -0.1) is 24.0 Å². The number of halogens is 1. The van der Waals surface area contributed by atoms with Crippen LogP contribution in [-0.4, -0.2) is 42.9 Å². The number of hydrogen-bond donors (Lipinski definition) is 3. The normalized spacial score (nSPS) is 12.0. The maximum absolute atomic E-state index is 9.67. The van der Waals surface area contributed by atoms with E-state index in [-0.39, 0.29) is 36.5 Å². The van der Waals surface area contributed by atoms with Crippen LogP contribution >= 0.6 is 24.0 Å². The number of ether oxygens (including phenoxy) is 1. The number of aliphatic hydroxyl groups is 1. The van der Waals surface area contributed by atoms with Gasteiger partial charge in [0, 0.05) is 37.8 Å². The summed E-state index contributed by atoms with van der Waals surface area (Å²) in [7, 11) is 1.73. The van der Waals surface area contributed by atoms with E-state index in [1.165, 1.54) is 0 Å². The molecule has 6 nitrogen and oxygen atoms in total. The van der Waals surface area contributed by atoms with E-state index in [0.29, 0.717) is 31.5 Å². The third-order valence-corrected chi connectivity index (χ3v) is 3.97. The Labute approximate surface area is 178 Å². The Morgan fingerprint density at radius 3 is 2.63 bits per heavy atom. The van der Waals surface area contributed by atoms with Gasteiger partial charge in [-0.25, -0.2) is 4.98 Å². The van der Waals surface area contributed by atoms with Crippen LogP contribution in [0.15, 0.2) is 53.7 Å². The molecular formula is C20H29IN4O2. The summed E-state index contributed by atoms with van der Waals surface area (Å²) in [5.41, 5.74) is 2.08. The molecule has 0 saturated heterocycles. The largest absolute Gasteiger partial charge is 0.477 e. The summed E-state index contributed by atoms with van der Waals surface area (Å²) < 4.78 is 5.68. The summed E-state index contributed by atoms with van der Waals surface area (Å²) in [5, 5.41) is 16.2. The van der Waals surface area contributed by atoms with Crippen molar-refractivity contribution in [3.8, 4) is 5.88 Å². The van der Waals surface area contributed by atoms with Crippen molar-refractivity contribution in [1.29, 1.82) is 0 Å². The molecule has 0 bridgehead atoms. The van der Waals surface area contributed by atoms with Gasteiger partial charge in [-0.1, -0.05) is 43.3 Å². The fraction of sp³-hybridized carbons (Fsp3) is 0.400. The SMILES string of the molecule is CCCOc1ncccc1CNC(=NC)NCC(CO)c1ccccc1.I. The molecule has 0 aliphatic heterocycles. The van der Waals surface area contributed by atoms with Gasteiger partial charge in [0.2, 0.25) is 5.88 Å². The van der Waals surface area contributed by atoms with Crippen LogP contribution in [0.1, 0.15) is 30.4 Å². The van der Waals surface area contributed by atoms with Crippen molar-refractivity contribution in [2.45, 2.75) is 25.8 Å². The van der Waals surface area contributed by atoms with Gasteiger partial charge in [-0.3, -0.25) is 4.99 Å². The van der Waals surface area contributed by atoms with E-state index in [2.05, 4.69) is 27.5 Å². The third kappa shape index (κ3) is 7.72. The van der Waals surface area contributed by atoms with Crippen molar-refractivity contribution in [3.63, 3.8) is 0 Å². The van der Waals surface area contributed by atoms with Gasteiger partial charge < -0.3 is 20.5 Å². The number of aliphatic imine (C=N–C) groups is 1. The number of nitrogens with zero attached hydrogens (tertiary/aromatic N) is 2. The summed E-state index contributed by atoms with van der Waals surface area (Å²) in [6.07, 6.45) is 2.67. The summed E-state index contributed by atoms with van der Waals surface area (Å²) in [4.78, 5) is 8.54. The maximum Gasteiger partial charge on any atom is 0.218 e. The second-order valence-corrected chi connectivity index (χ2v) is 5.91. The van der Waals surface area contributed by atoms with Crippen molar-refractivity contribution in [2.75, 3.05) is 26.8 Å². The Morgan fingerprint density at radius 2 is 1.96 bits per heavy atom.